The van der Waals surface area contributed by atoms with Gasteiger partial charge in [0.1, 0.15) is 5.83 Å². The third-order valence-corrected chi connectivity index (χ3v) is 6.50. The van der Waals surface area contributed by atoms with Gasteiger partial charge in [-0.3, -0.25) is 14.6 Å². The van der Waals surface area contributed by atoms with Crippen LogP contribution in [0.4, 0.5) is 4.39 Å². The molecule has 3 fully saturated rings. The molecule has 154 valence electrons. The molecule has 1 aliphatic carbocycles. The first kappa shape index (κ1) is 21.5. The van der Waals surface area contributed by atoms with Gasteiger partial charge >= 0.3 is 0 Å². The maximum absolute atomic E-state index is 14.5. The largest absolute Gasteiger partial charge is 0.314 e. The van der Waals surface area contributed by atoms with Crippen LogP contribution in [-0.2, 0) is 4.79 Å². The average molecular weight is 406 g/mol. The van der Waals surface area contributed by atoms with Crippen molar-refractivity contribution in [3.05, 3.63) is 48.4 Å². The van der Waals surface area contributed by atoms with E-state index in [9.17, 15) is 9.18 Å². The van der Waals surface area contributed by atoms with E-state index in [1.807, 2.05) is 0 Å². The van der Waals surface area contributed by atoms with Crippen LogP contribution in [0, 0.1) is 5.92 Å². The molecule has 2 atom stereocenters. The monoisotopic (exact) mass is 405 g/mol. The molecule has 28 heavy (non-hydrogen) atoms. The van der Waals surface area contributed by atoms with Crippen LogP contribution in [0.25, 0.3) is 0 Å². The normalized spacial score (nSPS) is 27.9. The number of ketones is 1. The summed E-state index contributed by atoms with van der Waals surface area (Å²) >= 11 is 4.77. The zero-order valence-electron chi connectivity index (χ0n) is 16.6. The maximum atomic E-state index is 14.5. The number of rotatable bonds is 8. The Morgan fingerprint density at radius 3 is 2.54 bits per heavy atom. The van der Waals surface area contributed by atoms with Gasteiger partial charge < -0.3 is 5.32 Å². The zero-order valence-corrected chi connectivity index (χ0v) is 17.5. The summed E-state index contributed by atoms with van der Waals surface area (Å²) in [7, 11) is 0. The van der Waals surface area contributed by atoms with E-state index in [0.29, 0.717) is 12.1 Å². The minimum atomic E-state index is -0.577. The molecule has 0 amide bonds. The van der Waals surface area contributed by atoms with Crippen LogP contribution in [0.2, 0.25) is 0 Å². The molecule has 2 heterocycles. The molecule has 4 nitrogen and oxygen atoms in total. The lowest BCUT2D eigenvalue weighted by Gasteiger charge is -2.38. The van der Waals surface area contributed by atoms with Crippen molar-refractivity contribution in [1.29, 1.82) is 0 Å². The Kier molecular flexibility index (Phi) is 7.69. The fourth-order valence-electron chi connectivity index (χ4n) is 4.03. The molecule has 3 aliphatic rings. The van der Waals surface area contributed by atoms with E-state index in [4.69, 9.17) is 12.6 Å². The van der Waals surface area contributed by atoms with E-state index in [2.05, 4.69) is 34.4 Å². The van der Waals surface area contributed by atoms with Gasteiger partial charge in [-0.15, -0.1) is 0 Å². The minimum Gasteiger partial charge on any atom is -0.314 e. The summed E-state index contributed by atoms with van der Waals surface area (Å²) in [4.78, 5) is 17.6. The standard InChI is InChI=1S/C22H32FN3OS/c1-3-18(19(23)4-2)21(22(27)16-5-6-16)26-12-8-20(28)17(15-26)7-11-25-13-9-24-10-14-25/h3-4,7,16,20-21,24,28H,1-2,5-6,8-15H2/b17-7+,19-18-. The first-order chi connectivity index (χ1) is 13.5. The van der Waals surface area contributed by atoms with Crippen LogP contribution in [0.15, 0.2) is 48.4 Å². The molecule has 3 rings (SSSR count). The molecule has 2 unspecified atom stereocenters. The summed E-state index contributed by atoms with van der Waals surface area (Å²) in [6, 6.07) is -0.577. The first-order valence-electron chi connectivity index (χ1n) is 10.3. The number of nitrogens with zero attached hydrogens (tertiary/aromatic N) is 2. The van der Waals surface area contributed by atoms with Crippen molar-refractivity contribution < 1.29 is 9.18 Å². The Balaban J connectivity index is 1.78. The molecule has 6 heteroatoms. The number of carbonyl (C=O) groups is 1. The quantitative estimate of drug-likeness (QED) is 0.370. The topological polar surface area (TPSA) is 35.6 Å². The molecule has 0 aromatic rings. The van der Waals surface area contributed by atoms with Crippen molar-refractivity contribution >= 4 is 18.4 Å². The van der Waals surface area contributed by atoms with Crippen LogP contribution in [-0.4, -0.2) is 72.7 Å². The van der Waals surface area contributed by atoms with Gasteiger partial charge in [0, 0.05) is 62.6 Å². The predicted octanol–water partition coefficient (Wildman–Crippen LogP) is 2.77. The van der Waals surface area contributed by atoms with Crippen LogP contribution >= 0.6 is 12.6 Å². The average Bonchev–Trinajstić information content (AvgIpc) is 3.57. The molecular formula is C22H32FN3OS. The van der Waals surface area contributed by atoms with E-state index in [1.54, 1.807) is 0 Å². The number of thiol groups is 1. The van der Waals surface area contributed by atoms with Crippen LogP contribution in [0.1, 0.15) is 19.3 Å². The Hall–Kier alpha value is -1.21. The second-order valence-electron chi connectivity index (χ2n) is 7.90. The molecule has 0 spiro atoms. The number of hydrogen-bond donors (Lipinski definition) is 2. The lowest BCUT2D eigenvalue weighted by molar-refractivity contribution is -0.124. The Morgan fingerprint density at radius 1 is 1.21 bits per heavy atom. The summed E-state index contributed by atoms with van der Waals surface area (Å²) in [6.45, 7) is 13.7. The number of hydrogen-bond acceptors (Lipinski definition) is 5. The SMILES string of the molecule is C=C/C(F)=C(\C=C)C(C(=O)C1CC1)N1CCC(S)/C(=C/CN2CCNCC2)C1. The highest BCUT2D eigenvalue weighted by Crippen LogP contribution is 2.36. The molecule has 0 aromatic heterocycles. The van der Waals surface area contributed by atoms with Crippen molar-refractivity contribution in [2.24, 2.45) is 5.92 Å². The van der Waals surface area contributed by atoms with Gasteiger partial charge in [-0.25, -0.2) is 4.39 Å². The van der Waals surface area contributed by atoms with Crippen LogP contribution in [0.5, 0.6) is 0 Å². The Morgan fingerprint density at radius 2 is 1.93 bits per heavy atom. The van der Waals surface area contributed by atoms with Crippen LogP contribution in [0.3, 0.4) is 0 Å². The summed E-state index contributed by atoms with van der Waals surface area (Å²) < 4.78 is 14.5. The number of likely N-dealkylation sites (tertiary alicyclic amines) is 1. The number of allylic oxidation sites excluding steroid dienone is 2. The van der Waals surface area contributed by atoms with E-state index in [-0.39, 0.29) is 17.0 Å². The van der Waals surface area contributed by atoms with Crippen LogP contribution < -0.4 is 5.32 Å². The Labute approximate surface area is 173 Å². The highest BCUT2D eigenvalue weighted by Gasteiger charge is 2.41. The Bertz CT molecular complexity index is 665. The van der Waals surface area contributed by atoms with Crippen molar-refractivity contribution in [3.8, 4) is 0 Å². The molecule has 2 saturated heterocycles. The number of nitrogens with one attached hydrogen (secondary N) is 1. The smallest absolute Gasteiger partial charge is 0.157 e. The molecule has 2 aliphatic heterocycles. The fourth-order valence-corrected chi connectivity index (χ4v) is 4.33. The first-order valence-corrected chi connectivity index (χ1v) is 10.8. The van der Waals surface area contributed by atoms with Crippen molar-refractivity contribution in [3.63, 3.8) is 0 Å². The number of halogens is 1. The minimum absolute atomic E-state index is 0.0552. The zero-order chi connectivity index (χ0) is 20.1. The van der Waals surface area contributed by atoms with E-state index in [0.717, 1.165) is 58.5 Å². The summed E-state index contributed by atoms with van der Waals surface area (Å²) in [6.07, 6.45) is 7.59. The van der Waals surface area contributed by atoms with Gasteiger partial charge in [0.25, 0.3) is 0 Å². The number of piperidine rings is 1. The molecule has 0 aromatic carbocycles. The van der Waals surface area contributed by atoms with E-state index < -0.39 is 11.9 Å². The molecule has 0 bridgehead atoms. The van der Waals surface area contributed by atoms with Gasteiger partial charge in [-0.1, -0.05) is 25.3 Å². The van der Waals surface area contributed by atoms with Crippen molar-refractivity contribution in [1.82, 2.24) is 15.1 Å². The third-order valence-electron chi connectivity index (χ3n) is 5.91. The van der Waals surface area contributed by atoms with Crippen molar-refractivity contribution in [2.45, 2.75) is 30.6 Å². The molecular weight excluding hydrogens is 373 g/mol. The van der Waals surface area contributed by atoms with E-state index >= 15 is 0 Å². The number of carbonyl (C=O) groups excluding carboxylic acids is 1. The number of Topliss-reactive ketones (excluding diaryl/α,β-unsaturated/α-hetero) is 1. The molecule has 1 N–H and O–H groups in total. The highest BCUT2D eigenvalue weighted by atomic mass is 32.1. The fraction of sp³-hybridized carbons (Fsp3) is 0.591. The maximum Gasteiger partial charge on any atom is 0.157 e. The second-order valence-corrected chi connectivity index (χ2v) is 8.52. The predicted molar refractivity (Wildman–Crippen MR) is 116 cm³/mol. The summed E-state index contributed by atoms with van der Waals surface area (Å²) in [5.74, 6) is -0.279. The highest BCUT2D eigenvalue weighted by molar-refractivity contribution is 7.81. The third kappa shape index (κ3) is 5.23. The molecule has 1 saturated carbocycles. The van der Waals surface area contributed by atoms with Gasteiger partial charge in [0.2, 0.25) is 0 Å². The van der Waals surface area contributed by atoms with Gasteiger partial charge in [0.05, 0.1) is 6.04 Å². The van der Waals surface area contributed by atoms with E-state index in [1.165, 1.54) is 17.7 Å². The summed E-state index contributed by atoms with van der Waals surface area (Å²) in [5, 5.41) is 3.56. The van der Waals surface area contributed by atoms with Gasteiger partial charge in [-0.05, 0) is 30.9 Å². The van der Waals surface area contributed by atoms with Gasteiger partial charge in [0.15, 0.2) is 5.78 Å². The summed E-state index contributed by atoms with van der Waals surface area (Å²) in [5.41, 5.74) is 1.58. The lowest BCUT2D eigenvalue weighted by atomic mass is 9.93. The van der Waals surface area contributed by atoms with Gasteiger partial charge in [-0.2, -0.15) is 12.6 Å². The lowest BCUT2D eigenvalue weighted by Crippen LogP contribution is -2.48. The number of piperazine rings is 1. The second kappa shape index (κ2) is 10.0. The molecule has 0 radical (unpaired) electrons. The van der Waals surface area contributed by atoms with Crippen molar-refractivity contribution in [2.75, 3.05) is 45.8 Å².